The molecule has 6 rings (SSSR count). The first-order valence-corrected chi connectivity index (χ1v) is 33.0. The number of alkyl halides is 4. The summed E-state index contributed by atoms with van der Waals surface area (Å²) in [6.07, 6.45) is 6.16. The van der Waals surface area contributed by atoms with Crippen LogP contribution < -0.4 is 21.3 Å². The second-order valence-electron chi connectivity index (χ2n) is 27.3. The molecule has 2 aliphatic heterocycles. The number of nitrogens with zero attached hydrogens (tertiary/aromatic N) is 7. The van der Waals surface area contributed by atoms with E-state index in [4.69, 9.17) is 11.6 Å². The predicted molar refractivity (Wildman–Crippen MR) is 327 cm³/mol. The maximum absolute atomic E-state index is 15.0. The Morgan fingerprint density at radius 2 is 1.16 bits per heavy atom. The fourth-order valence-corrected chi connectivity index (χ4v) is 15.1. The maximum atomic E-state index is 15.0. The zero-order chi connectivity index (χ0) is 65.8. The molecule has 6 aliphatic rings. The summed E-state index contributed by atoms with van der Waals surface area (Å²) in [4.78, 5) is 167. The summed E-state index contributed by atoms with van der Waals surface area (Å²) >= 11 is 6.35. The Bertz CT molecular complexity index is 2540. The second-order valence-corrected chi connectivity index (χ2v) is 27.8. The Morgan fingerprint density at radius 1 is 0.562 bits per heavy atom. The van der Waals surface area contributed by atoms with Gasteiger partial charge in [-0.05, 0) is 108 Å². The summed E-state index contributed by atoms with van der Waals surface area (Å²) < 4.78 is 41.7. The summed E-state index contributed by atoms with van der Waals surface area (Å²) in [6.45, 7) is 5.25. The molecular formula is C63H101ClF3N11O11. The molecule has 0 aromatic rings. The van der Waals surface area contributed by atoms with Crippen molar-refractivity contribution >= 4 is 76.6 Å². The van der Waals surface area contributed by atoms with E-state index in [1.54, 1.807) is 20.8 Å². The van der Waals surface area contributed by atoms with Crippen molar-refractivity contribution in [3.8, 4) is 0 Å². The first-order valence-electron chi connectivity index (χ1n) is 32.6. The maximum Gasteiger partial charge on any atom is 0.393 e. The molecule has 26 heteroatoms. The van der Waals surface area contributed by atoms with Gasteiger partial charge in [0, 0.05) is 66.7 Å². The number of carbonyl (C=O) groups excluding carboxylic acids is 11. The third-order valence-corrected chi connectivity index (χ3v) is 20.6. The van der Waals surface area contributed by atoms with Crippen LogP contribution in [0.4, 0.5) is 13.2 Å². The number of amides is 11. The third-order valence-electron chi connectivity index (χ3n) is 20.1. The SMILES string of the molecule is CC(C)[C@H]1C(=O)N[C@H](C)CC(=O)N(C)[C@@H](C)C(=O)N[C@@H](CC2CCCC2)C(=O)N(C)CC(=O)N(C)CC(=O)N(C)[C@@H](CC2CCCCC2)C(=O)N(C)CC(=O)N[C@@H](CCC2CCC(C(F)(F)F)C(Cl)C2)C(=O)N2CCC[C@H]2C(=O)NC2(CCCC2)C(=O)N1C. The van der Waals surface area contributed by atoms with Gasteiger partial charge in [0.05, 0.1) is 25.6 Å². The Morgan fingerprint density at radius 3 is 1.76 bits per heavy atom. The molecule has 0 radical (unpaired) electrons. The number of rotatable bonds is 8. The fraction of sp³-hybridized carbons (Fsp3) is 0.825. The largest absolute Gasteiger partial charge is 0.393 e. The van der Waals surface area contributed by atoms with Crippen LogP contribution in [0, 0.1) is 29.6 Å². The summed E-state index contributed by atoms with van der Waals surface area (Å²) in [7, 11) is 8.62. The van der Waals surface area contributed by atoms with E-state index in [0.29, 0.717) is 19.3 Å². The lowest BCUT2D eigenvalue weighted by atomic mass is 9.78. The highest BCUT2D eigenvalue weighted by atomic mass is 35.5. The molecule has 3 unspecified atom stereocenters. The second kappa shape index (κ2) is 32.0. The standard InChI is InChI=1S/C63H101ClF3N11O11/c1-38(2)54-57(85)68-39(3)31-51(80)75(8)40(4)55(83)70-47(33-41-21-14-15-22-41)58(86)74(7)36-52(81)72(5)37-53(82)76(9)49(34-42-19-12-11-13-20-42)60(88)73(6)35-50(79)69-46(27-25-43-24-26-44(45(64)32-43)63(65,66)67)59(87)78-30-18-23-48(78)56(84)71-62(28-16-17-29-62)61(89)77(54)10/h38-49,54H,11-37H2,1-10H3,(H,68,85)(H,69,79)(H,70,83)(H,71,84)/t39-,40+,43?,44?,45?,46+,47+,48+,49+,54+/m1/s1. The van der Waals surface area contributed by atoms with Crippen LogP contribution in [0.3, 0.4) is 0 Å². The molecule has 89 heavy (non-hydrogen) atoms. The molecule has 22 nitrogen and oxygen atoms in total. The number of halogens is 4. The number of fused-ring (bicyclic) bond motifs is 1. The molecule has 0 aromatic carbocycles. The normalized spacial score (nSPS) is 30.7. The van der Waals surface area contributed by atoms with Gasteiger partial charge >= 0.3 is 6.18 Å². The van der Waals surface area contributed by atoms with Crippen LogP contribution in [0.15, 0.2) is 0 Å². The zero-order valence-electron chi connectivity index (χ0n) is 54.2. The first kappa shape index (κ1) is 72.3. The van der Waals surface area contributed by atoms with E-state index in [1.165, 1.54) is 78.6 Å². The van der Waals surface area contributed by atoms with Crippen LogP contribution in [0.25, 0.3) is 0 Å². The van der Waals surface area contributed by atoms with Crippen LogP contribution >= 0.6 is 11.6 Å². The molecule has 4 N–H and O–H groups in total. The molecule has 6 fully saturated rings. The van der Waals surface area contributed by atoms with Gasteiger partial charge in [0.15, 0.2) is 0 Å². The van der Waals surface area contributed by atoms with E-state index in [0.717, 1.165) is 62.7 Å². The zero-order valence-corrected chi connectivity index (χ0v) is 55.0. The van der Waals surface area contributed by atoms with Gasteiger partial charge in [-0.15, -0.1) is 11.6 Å². The van der Waals surface area contributed by atoms with Gasteiger partial charge < -0.3 is 55.6 Å². The van der Waals surface area contributed by atoms with Gasteiger partial charge in [-0.1, -0.05) is 84.5 Å². The summed E-state index contributed by atoms with van der Waals surface area (Å²) in [5, 5.41) is 10.4. The first-order chi connectivity index (χ1) is 41.8. The molecule has 10 atom stereocenters. The lowest BCUT2D eigenvalue weighted by Crippen LogP contribution is -2.64. The minimum absolute atomic E-state index is 0.0169. The highest BCUT2D eigenvalue weighted by Crippen LogP contribution is 2.44. The van der Waals surface area contributed by atoms with Gasteiger partial charge in [0.25, 0.3) is 0 Å². The van der Waals surface area contributed by atoms with Crippen molar-refractivity contribution in [2.45, 2.75) is 235 Å². The van der Waals surface area contributed by atoms with Gasteiger partial charge in [-0.3, -0.25) is 52.7 Å². The predicted octanol–water partition coefficient (Wildman–Crippen LogP) is 4.73. The van der Waals surface area contributed by atoms with Gasteiger partial charge in [-0.25, -0.2) is 0 Å². The van der Waals surface area contributed by atoms with Crippen molar-refractivity contribution in [2.24, 2.45) is 29.6 Å². The fourth-order valence-electron chi connectivity index (χ4n) is 14.5. The average Bonchev–Trinajstić information content (AvgIpc) is 3.34. The van der Waals surface area contributed by atoms with Crippen LogP contribution in [0.2, 0.25) is 0 Å². The van der Waals surface area contributed by atoms with E-state index in [1.807, 2.05) is 0 Å². The number of nitrogens with one attached hydrogen (secondary N) is 4. The van der Waals surface area contributed by atoms with E-state index >= 15 is 4.79 Å². The van der Waals surface area contributed by atoms with Gasteiger partial charge in [0.2, 0.25) is 65.0 Å². The van der Waals surface area contributed by atoms with Gasteiger partial charge in [-0.2, -0.15) is 13.2 Å². The van der Waals surface area contributed by atoms with E-state index in [9.17, 15) is 61.1 Å². The third kappa shape index (κ3) is 18.9. The summed E-state index contributed by atoms with van der Waals surface area (Å²) in [5.74, 6) is -8.87. The molecule has 502 valence electrons. The molecule has 0 bridgehead atoms. The lowest BCUT2D eigenvalue weighted by molar-refractivity contribution is -0.182. The monoisotopic (exact) mass is 1280 g/mol. The Balaban J connectivity index is 1.32. The Hall–Kier alpha value is -5.75. The topological polar surface area (TPSA) is 259 Å². The number of carbonyl (C=O) groups is 11. The van der Waals surface area contributed by atoms with Crippen LogP contribution in [0.5, 0.6) is 0 Å². The Labute approximate surface area is 528 Å². The van der Waals surface area contributed by atoms with Crippen molar-refractivity contribution in [1.29, 1.82) is 0 Å². The molecule has 4 saturated carbocycles. The summed E-state index contributed by atoms with van der Waals surface area (Å²) in [6, 6.07) is -7.49. The van der Waals surface area contributed by atoms with Crippen LogP contribution in [-0.4, -0.2) is 227 Å². The van der Waals surface area contributed by atoms with Crippen molar-refractivity contribution < 1.29 is 65.9 Å². The van der Waals surface area contributed by atoms with E-state index in [2.05, 4.69) is 21.3 Å². The number of hydrogen-bond acceptors (Lipinski definition) is 11. The molecule has 0 aromatic heterocycles. The molecule has 4 aliphatic carbocycles. The smallest absolute Gasteiger partial charge is 0.351 e. The lowest BCUT2D eigenvalue weighted by Gasteiger charge is -2.39. The van der Waals surface area contributed by atoms with Crippen molar-refractivity contribution in [2.75, 3.05) is 68.5 Å². The van der Waals surface area contributed by atoms with Crippen molar-refractivity contribution in [3.63, 3.8) is 0 Å². The molecule has 1 spiro atoms. The minimum atomic E-state index is -4.49. The quantitative estimate of drug-likeness (QED) is 0.242. The van der Waals surface area contributed by atoms with Crippen LogP contribution in [0.1, 0.15) is 175 Å². The minimum Gasteiger partial charge on any atom is -0.351 e. The number of hydrogen-bond donors (Lipinski definition) is 4. The van der Waals surface area contributed by atoms with E-state index in [-0.39, 0.29) is 94.9 Å². The summed E-state index contributed by atoms with van der Waals surface area (Å²) in [5.41, 5.74) is -1.47. The molecule has 11 amide bonds. The van der Waals surface area contributed by atoms with Gasteiger partial charge in [0.1, 0.15) is 41.8 Å². The van der Waals surface area contributed by atoms with E-state index < -0.39 is 156 Å². The number of likely N-dealkylation sites (N-methyl/N-ethyl adjacent to an activating group) is 6. The average molecular weight is 1280 g/mol. The molecular weight excluding hydrogens is 1180 g/mol. The van der Waals surface area contributed by atoms with Crippen molar-refractivity contribution in [3.05, 3.63) is 0 Å². The Kier molecular flexibility index (Phi) is 26.0. The van der Waals surface area contributed by atoms with Crippen LogP contribution in [-0.2, 0) is 52.7 Å². The highest BCUT2D eigenvalue weighted by molar-refractivity contribution is 6.20. The molecule has 2 heterocycles. The molecule has 2 saturated heterocycles. The van der Waals surface area contributed by atoms with Crippen molar-refractivity contribution in [1.82, 2.24) is 55.6 Å². The highest BCUT2D eigenvalue weighted by Gasteiger charge is 2.50.